The summed E-state index contributed by atoms with van der Waals surface area (Å²) in [5.41, 5.74) is 0. The molecule has 0 spiro atoms. The molecule has 0 aromatic rings. The quantitative estimate of drug-likeness (QED) is 0.752. The van der Waals surface area contributed by atoms with Gasteiger partial charge in [0.1, 0.15) is 0 Å². The van der Waals surface area contributed by atoms with Gasteiger partial charge in [0.25, 0.3) is 0 Å². The van der Waals surface area contributed by atoms with Gasteiger partial charge in [0, 0.05) is 6.04 Å². The lowest BCUT2D eigenvalue weighted by molar-refractivity contribution is 0.113. The number of nitrogens with one attached hydrogen (secondary N) is 1. The molecule has 2 atom stereocenters. The molecule has 15 heavy (non-hydrogen) atoms. The van der Waals surface area contributed by atoms with Crippen LogP contribution in [0.15, 0.2) is 0 Å². The van der Waals surface area contributed by atoms with E-state index in [-0.39, 0.29) is 0 Å². The Labute approximate surface area is 95.4 Å². The predicted molar refractivity (Wildman–Crippen MR) is 67.1 cm³/mol. The molecule has 1 saturated heterocycles. The Morgan fingerprint density at radius 3 is 2.40 bits per heavy atom. The molecular weight excluding hydrogens is 184 g/mol. The van der Waals surface area contributed by atoms with Gasteiger partial charge in [-0.3, -0.25) is 0 Å². The molecule has 0 aliphatic carbocycles. The van der Waals surface area contributed by atoms with Crippen LogP contribution in [0.3, 0.4) is 0 Å². The van der Waals surface area contributed by atoms with Crippen LogP contribution >= 0.6 is 0 Å². The van der Waals surface area contributed by atoms with Crippen LogP contribution in [0, 0.1) is 11.8 Å². The smallest absolute Gasteiger partial charge is 0.0105 e. The van der Waals surface area contributed by atoms with Crippen molar-refractivity contribution in [1.29, 1.82) is 0 Å². The van der Waals surface area contributed by atoms with E-state index in [1.165, 1.54) is 25.9 Å². The van der Waals surface area contributed by atoms with Crippen molar-refractivity contribution in [1.82, 2.24) is 10.2 Å². The Morgan fingerprint density at radius 2 is 1.87 bits per heavy atom. The van der Waals surface area contributed by atoms with Crippen molar-refractivity contribution < 1.29 is 0 Å². The highest BCUT2D eigenvalue weighted by atomic mass is 15.2. The highest BCUT2D eigenvalue weighted by Crippen LogP contribution is 2.20. The van der Waals surface area contributed by atoms with Gasteiger partial charge in [-0.2, -0.15) is 0 Å². The zero-order valence-corrected chi connectivity index (χ0v) is 10.9. The number of nitrogens with zero attached hydrogens (tertiary/aromatic N) is 1. The average Bonchev–Trinajstić information content (AvgIpc) is 2.26. The second-order valence-corrected chi connectivity index (χ2v) is 5.24. The average molecular weight is 212 g/mol. The lowest BCUT2D eigenvalue weighted by Crippen LogP contribution is -2.45. The first-order valence-electron chi connectivity index (χ1n) is 6.59. The van der Waals surface area contributed by atoms with Crippen molar-refractivity contribution in [3.05, 3.63) is 0 Å². The van der Waals surface area contributed by atoms with Crippen LogP contribution in [-0.2, 0) is 0 Å². The molecule has 2 heteroatoms. The Bertz CT molecular complexity index is 162. The molecule has 1 aliphatic rings. The molecule has 1 fully saturated rings. The minimum atomic E-state index is 0.733. The summed E-state index contributed by atoms with van der Waals surface area (Å²) in [4.78, 5) is 2.67. The summed E-state index contributed by atoms with van der Waals surface area (Å²) in [6, 6.07) is 0.733. The van der Waals surface area contributed by atoms with E-state index in [1.807, 2.05) is 0 Å². The van der Waals surface area contributed by atoms with Crippen LogP contribution in [0.2, 0.25) is 0 Å². The van der Waals surface area contributed by atoms with Crippen molar-refractivity contribution >= 4 is 0 Å². The second-order valence-electron chi connectivity index (χ2n) is 5.24. The number of likely N-dealkylation sites (tertiary alicyclic amines) is 1. The first kappa shape index (κ1) is 13.0. The molecular formula is C13H28N2. The van der Waals surface area contributed by atoms with Gasteiger partial charge in [0.2, 0.25) is 0 Å². The van der Waals surface area contributed by atoms with Crippen LogP contribution in [-0.4, -0.2) is 37.1 Å². The lowest BCUT2D eigenvalue weighted by atomic mass is 9.94. The van der Waals surface area contributed by atoms with Crippen molar-refractivity contribution in [3.63, 3.8) is 0 Å². The molecule has 1 rings (SSSR count). The first-order chi connectivity index (χ1) is 7.15. The van der Waals surface area contributed by atoms with Gasteiger partial charge in [-0.05, 0) is 57.8 Å². The van der Waals surface area contributed by atoms with Gasteiger partial charge < -0.3 is 10.2 Å². The van der Waals surface area contributed by atoms with E-state index in [4.69, 9.17) is 0 Å². The number of piperidine rings is 1. The maximum atomic E-state index is 3.45. The minimum Gasteiger partial charge on any atom is -0.317 e. The number of hydrogen-bond donors (Lipinski definition) is 1. The number of rotatable bonds is 5. The molecule has 1 N–H and O–H groups in total. The fourth-order valence-corrected chi connectivity index (χ4v) is 2.34. The molecule has 90 valence electrons. The zero-order chi connectivity index (χ0) is 11.3. The van der Waals surface area contributed by atoms with Gasteiger partial charge in [0.05, 0.1) is 0 Å². The van der Waals surface area contributed by atoms with E-state index in [0.29, 0.717) is 0 Å². The summed E-state index contributed by atoms with van der Waals surface area (Å²) < 4.78 is 0. The highest BCUT2D eigenvalue weighted by molar-refractivity contribution is 4.78. The van der Waals surface area contributed by atoms with E-state index < -0.39 is 0 Å². The summed E-state index contributed by atoms with van der Waals surface area (Å²) in [5, 5.41) is 3.45. The highest BCUT2D eigenvalue weighted by Gasteiger charge is 2.23. The van der Waals surface area contributed by atoms with Crippen molar-refractivity contribution in [3.8, 4) is 0 Å². The molecule has 1 aliphatic heterocycles. The fourth-order valence-electron chi connectivity index (χ4n) is 2.34. The van der Waals surface area contributed by atoms with E-state index in [1.54, 1.807) is 0 Å². The van der Waals surface area contributed by atoms with Crippen LogP contribution in [0.4, 0.5) is 0 Å². The van der Waals surface area contributed by atoms with Crippen LogP contribution in [0.25, 0.3) is 0 Å². The van der Waals surface area contributed by atoms with Gasteiger partial charge in [-0.1, -0.05) is 20.8 Å². The first-order valence-corrected chi connectivity index (χ1v) is 6.59. The van der Waals surface area contributed by atoms with Crippen molar-refractivity contribution in [2.75, 3.05) is 26.2 Å². The van der Waals surface area contributed by atoms with Crippen LogP contribution in [0.1, 0.15) is 40.5 Å². The van der Waals surface area contributed by atoms with E-state index in [0.717, 1.165) is 31.0 Å². The molecule has 2 unspecified atom stereocenters. The molecule has 0 saturated carbocycles. The standard InChI is InChI=1S/C13H28N2/c1-5-14-10-12(3)13(4)15-8-6-11(2)7-9-15/h11-14H,5-10H2,1-4H3. The van der Waals surface area contributed by atoms with Gasteiger partial charge in [-0.15, -0.1) is 0 Å². The summed E-state index contributed by atoms with van der Waals surface area (Å²) in [6.45, 7) is 14.2. The summed E-state index contributed by atoms with van der Waals surface area (Å²) >= 11 is 0. The SMILES string of the molecule is CCNCC(C)C(C)N1CCC(C)CC1. The third-order valence-corrected chi connectivity index (χ3v) is 3.93. The summed E-state index contributed by atoms with van der Waals surface area (Å²) in [5.74, 6) is 1.70. The summed E-state index contributed by atoms with van der Waals surface area (Å²) in [7, 11) is 0. The molecule has 1 heterocycles. The summed E-state index contributed by atoms with van der Waals surface area (Å²) in [6.07, 6.45) is 2.77. The predicted octanol–water partition coefficient (Wildman–Crippen LogP) is 2.35. The molecule has 0 bridgehead atoms. The zero-order valence-electron chi connectivity index (χ0n) is 10.9. The second kappa shape index (κ2) is 6.49. The Hall–Kier alpha value is -0.0800. The van der Waals surface area contributed by atoms with Gasteiger partial charge >= 0.3 is 0 Å². The van der Waals surface area contributed by atoms with Crippen molar-refractivity contribution in [2.45, 2.75) is 46.6 Å². The minimum absolute atomic E-state index is 0.733. The monoisotopic (exact) mass is 212 g/mol. The molecule has 2 nitrogen and oxygen atoms in total. The van der Waals surface area contributed by atoms with Crippen LogP contribution < -0.4 is 5.32 Å². The Morgan fingerprint density at radius 1 is 1.27 bits per heavy atom. The van der Waals surface area contributed by atoms with Crippen LogP contribution in [0.5, 0.6) is 0 Å². The molecule has 0 radical (unpaired) electrons. The van der Waals surface area contributed by atoms with E-state index in [2.05, 4.69) is 37.9 Å². The van der Waals surface area contributed by atoms with Gasteiger partial charge in [0.15, 0.2) is 0 Å². The normalized spacial score (nSPS) is 24.0. The third kappa shape index (κ3) is 4.12. The fraction of sp³-hybridized carbons (Fsp3) is 1.00. The molecule has 0 aromatic heterocycles. The molecule has 0 aromatic carbocycles. The van der Waals surface area contributed by atoms with E-state index in [9.17, 15) is 0 Å². The maximum Gasteiger partial charge on any atom is 0.0105 e. The Balaban J connectivity index is 2.29. The molecule has 0 amide bonds. The third-order valence-electron chi connectivity index (χ3n) is 3.93. The topological polar surface area (TPSA) is 15.3 Å². The lowest BCUT2D eigenvalue weighted by Gasteiger charge is -2.37. The Kier molecular flexibility index (Phi) is 5.62. The van der Waals surface area contributed by atoms with E-state index >= 15 is 0 Å². The van der Waals surface area contributed by atoms with Gasteiger partial charge in [-0.25, -0.2) is 0 Å². The maximum absolute atomic E-state index is 3.45. The van der Waals surface area contributed by atoms with Crippen molar-refractivity contribution in [2.24, 2.45) is 11.8 Å². The largest absolute Gasteiger partial charge is 0.317 e. The number of hydrogen-bond acceptors (Lipinski definition) is 2.